The van der Waals surface area contributed by atoms with Crippen LogP contribution in [0.4, 0.5) is 0 Å². The molecule has 0 saturated carbocycles. The van der Waals surface area contributed by atoms with Gasteiger partial charge in [-0.2, -0.15) is 0 Å². The third kappa shape index (κ3) is 3.29. The molecule has 132 valence electrons. The Bertz CT molecular complexity index is 620. The molecule has 1 fully saturated rings. The number of piperidine rings is 1. The number of nitrogens with zero attached hydrogens (tertiary/aromatic N) is 1. The molecule has 1 aromatic heterocycles. The molecular weight excluding hydrogens is 314 g/mol. The average molecular weight is 337 g/mol. The standard InChI is InChI=1S/C17H23NO6/c1-10(2)11-7-9-24-14(11)15(19)18-8-5-6-12(16(20)22-3)13(18)17(21)23-4/h7,9-10,12-13H,5-6,8H2,1-4H3/t12-,13-/m1/s1. The number of hydrogen-bond acceptors (Lipinski definition) is 6. The van der Waals surface area contributed by atoms with E-state index < -0.39 is 29.8 Å². The number of ether oxygens (including phenoxy) is 2. The lowest BCUT2D eigenvalue weighted by Crippen LogP contribution is -2.55. The molecule has 0 spiro atoms. The molecule has 0 unspecified atom stereocenters. The number of hydrogen-bond donors (Lipinski definition) is 0. The van der Waals surface area contributed by atoms with E-state index in [1.807, 2.05) is 13.8 Å². The van der Waals surface area contributed by atoms with E-state index in [9.17, 15) is 14.4 Å². The van der Waals surface area contributed by atoms with Gasteiger partial charge in [-0.1, -0.05) is 13.8 Å². The lowest BCUT2D eigenvalue weighted by atomic mass is 9.88. The zero-order valence-corrected chi connectivity index (χ0v) is 14.4. The van der Waals surface area contributed by atoms with E-state index in [0.717, 1.165) is 5.56 Å². The van der Waals surface area contributed by atoms with Gasteiger partial charge in [0, 0.05) is 12.1 Å². The second kappa shape index (κ2) is 7.51. The van der Waals surface area contributed by atoms with Crippen molar-refractivity contribution < 1.29 is 28.3 Å². The van der Waals surface area contributed by atoms with Crippen LogP contribution in [0.5, 0.6) is 0 Å². The summed E-state index contributed by atoms with van der Waals surface area (Å²) >= 11 is 0. The van der Waals surface area contributed by atoms with Gasteiger partial charge >= 0.3 is 11.9 Å². The van der Waals surface area contributed by atoms with Crippen molar-refractivity contribution in [3.05, 3.63) is 23.7 Å². The van der Waals surface area contributed by atoms with Crippen LogP contribution >= 0.6 is 0 Å². The van der Waals surface area contributed by atoms with Gasteiger partial charge in [0.15, 0.2) is 5.76 Å². The summed E-state index contributed by atoms with van der Waals surface area (Å²) in [6.45, 7) is 4.25. The van der Waals surface area contributed by atoms with E-state index in [1.165, 1.54) is 25.4 Å². The molecule has 0 bridgehead atoms. The van der Waals surface area contributed by atoms with Crippen LogP contribution < -0.4 is 0 Å². The van der Waals surface area contributed by atoms with Crippen molar-refractivity contribution in [3.63, 3.8) is 0 Å². The second-order valence-corrected chi connectivity index (χ2v) is 6.10. The largest absolute Gasteiger partial charge is 0.469 e. The molecule has 2 heterocycles. The number of carbonyl (C=O) groups is 3. The van der Waals surface area contributed by atoms with Crippen LogP contribution in [0.15, 0.2) is 16.7 Å². The van der Waals surface area contributed by atoms with Crippen LogP contribution in [0.1, 0.15) is 48.7 Å². The first-order valence-corrected chi connectivity index (χ1v) is 7.96. The van der Waals surface area contributed by atoms with Gasteiger partial charge in [0.1, 0.15) is 6.04 Å². The fraction of sp³-hybridized carbons (Fsp3) is 0.588. The number of esters is 2. The van der Waals surface area contributed by atoms with Crippen molar-refractivity contribution in [1.82, 2.24) is 4.90 Å². The van der Waals surface area contributed by atoms with Gasteiger partial charge in [-0.25, -0.2) is 4.79 Å². The Hall–Kier alpha value is -2.31. The summed E-state index contributed by atoms with van der Waals surface area (Å²) in [6, 6.07) is 0.737. The highest BCUT2D eigenvalue weighted by Crippen LogP contribution is 2.29. The fourth-order valence-electron chi connectivity index (χ4n) is 3.11. The maximum Gasteiger partial charge on any atom is 0.329 e. The van der Waals surface area contributed by atoms with Gasteiger partial charge in [-0.3, -0.25) is 9.59 Å². The number of furan rings is 1. The molecule has 24 heavy (non-hydrogen) atoms. The molecule has 0 aromatic carbocycles. The van der Waals surface area contributed by atoms with E-state index in [4.69, 9.17) is 13.9 Å². The summed E-state index contributed by atoms with van der Waals surface area (Å²) in [7, 11) is 2.50. The maximum absolute atomic E-state index is 12.9. The van der Waals surface area contributed by atoms with Gasteiger partial charge in [0.2, 0.25) is 0 Å². The lowest BCUT2D eigenvalue weighted by Gasteiger charge is -2.37. The van der Waals surface area contributed by atoms with E-state index >= 15 is 0 Å². The summed E-state index contributed by atoms with van der Waals surface area (Å²) < 4.78 is 15.0. The van der Waals surface area contributed by atoms with Gasteiger partial charge in [-0.05, 0) is 24.8 Å². The Balaban J connectivity index is 2.38. The zero-order chi connectivity index (χ0) is 17.9. The number of methoxy groups -OCH3 is 2. The first-order valence-electron chi connectivity index (χ1n) is 7.96. The molecule has 0 N–H and O–H groups in total. The number of carbonyl (C=O) groups excluding carboxylic acids is 3. The molecule has 1 amide bonds. The molecule has 0 radical (unpaired) electrons. The Morgan fingerprint density at radius 2 is 1.88 bits per heavy atom. The number of rotatable bonds is 4. The van der Waals surface area contributed by atoms with Gasteiger partial charge in [0.25, 0.3) is 5.91 Å². The molecule has 1 aromatic rings. The molecule has 7 nitrogen and oxygen atoms in total. The van der Waals surface area contributed by atoms with Gasteiger partial charge in [-0.15, -0.1) is 0 Å². The molecule has 7 heteroatoms. The summed E-state index contributed by atoms with van der Waals surface area (Å²) in [6.07, 6.45) is 2.51. The van der Waals surface area contributed by atoms with Crippen LogP contribution in [-0.4, -0.2) is 49.6 Å². The third-order valence-electron chi connectivity index (χ3n) is 4.35. The van der Waals surface area contributed by atoms with Crippen LogP contribution in [0.3, 0.4) is 0 Å². The van der Waals surface area contributed by atoms with Crippen molar-refractivity contribution in [3.8, 4) is 0 Å². The van der Waals surface area contributed by atoms with Crippen LogP contribution in [-0.2, 0) is 19.1 Å². The fourth-order valence-corrected chi connectivity index (χ4v) is 3.11. The molecule has 2 atom stereocenters. The average Bonchev–Trinajstić information content (AvgIpc) is 3.09. The van der Waals surface area contributed by atoms with Gasteiger partial charge < -0.3 is 18.8 Å². The highest BCUT2D eigenvalue weighted by atomic mass is 16.5. The van der Waals surface area contributed by atoms with Crippen LogP contribution in [0.25, 0.3) is 0 Å². The topological polar surface area (TPSA) is 86.0 Å². The van der Waals surface area contributed by atoms with Crippen LogP contribution in [0.2, 0.25) is 0 Å². The predicted molar refractivity (Wildman–Crippen MR) is 84.4 cm³/mol. The minimum Gasteiger partial charge on any atom is -0.469 e. The molecule has 1 saturated heterocycles. The minimum atomic E-state index is -1.01. The van der Waals surface area contributed by atoms with E-state index in [1.54, 1.807) is 6.07 Å². The summed E-state index contributed by atoms with van der Waals surface area (Å²) in [5, 5.41) is 0. The highest BCUT2D eigenvalue weighted by molar-refractivity contribution is 5.97. The SMILES string of the molecule is COC(=O)[C@@H]1CCCN(C(=O)c2occc2C(C)C)[C@H]1C(=O)OC. The Morgan fingerprint density at radius 1 is 1.21 bits per heavy atom. The Kier molecular flexibility index (Phi) is 5.64. The van der Waals surface area contributed by atoms with E-state index in [2.05, 4.69) is 0 Å². The van der Waals surface area contributed by atoms with E-state index in [0.29, 0.717) is 19.4 Å². The summed E-state index contributed by atoms with van der Waals surface area (Å²) in [5.74, 6) is -2.00. The Labute approximate surface area is 140 Å². The van der Waals surface area contributed by atoms with Crippen molar-refractivity contribution in [1.29, 1.82) is 0 Å². The predicted octanol–water partition coefficient (Wildman–Crippen LogP) is 1.97. The smallest absolute Gasteiger partial charge is 0.329 e. The third-order valence-corrected chi connectivity index (χ3v) is 4.35. The first kappa shape index (κ1) is 18.0. The first-order chi connectivity index (χ1) is 11.4. The van der Waals surface area contributed by atoms with Crippen molar-refractivity contribution in [2.45, 2.75) is 38.6 Å². The normalized spacial score (nSPS) is 20.8. The Morgan fingerprint density at radius 3 is 2.46 bits per heavy atom. The molecule has 0 aliphatic carbocycles. The number of likely N-dealkylation sites (tertiary alicyclic amines) is 1. The van der Waals surface area contributed by atoms with Gasteiger partial charge in [0.05, 0.1) is 26.4 Å². The van der Waals surface area contributed by atoms with Crippen molar-refractivity contribution in [2.24, 2.45) is 5.92 Å². The monoisotopic (exact) mass is 337 g/mol. The number of amides is 1. The maximum atomic E-state index is 12.9. The highest BCUT2D eigenvalue weighted by Gasteiger charge is 2.45. The zero-order valence-electron chi connectivity index (χ0n) is 14.4. The lowest BCUT2D eigenvalue weighted by molar-refractivity contribution is -0.160. The van der Waals surface area contributed by atoms with Crippen LogP contribution in [0, 0.1) is 5.92 Å². The second-order valence-electron chi connectivity index (χ2n) is 6.10. The molecular formula is C17H23NO6. The van der Waals surface area contributed by atoms with Crippen molar-refractivity contribution >= 4 is 17.8 Å². The molecule has 1 aliphatic rings. The summed E-state index contributed by atoms with van der Waals surface area (Å²) in [4.78, 5) is 38.6. The minimum absolute atomic E-state index is 0.0977. The van der Waals surface area contributed by atoms with E-state index in [-0.39, 0.29) is 11.7 Å². The summed E-state index contributed by atoms with van der Waals surface area (Å²) in [5.41, 5.74) is 0.767. The molecule has 1 aliphatic heterocycles. The molecule has 2 rings (SSSR count). The van der Waals surface area contributed by atoms with Crippen molar-refractivity contribution in [2.75, 3.05) is 20.8 Å². The quantitative estimate of drug-likeness (QED) is 0.781.